The first kappa shape index (κ1) is 22.2. The van der Waals surface area contributed by atoms with E-state index < -0.39 is 32.6 Å². The van der Waals surface area contributed by atoms with Gasteiger partial charge in [-0.1, -0.05) is 0 Å². The summed E-state index contributed by atoms with van der Waals surface area (Å²) in [4.78, 5) is 47.4. The van der Waals surface area contributed by atoms with Crippen molar-refractivity contribution in [1.29, 1.82) is 0 Å². The monoisotopic (exact) mass is 443 g/mol. The van der Waals surface area contributed by atoms with Crippen molar-refractivity contribution >= 4 is 38.2 Å². The van der Waals surface area contributed by atoms with Crippen LogP contribution in [0.2, 0.25) is 0 Å². The molecule has 0 spiro atoms. The molecular weight excluding hydrogens is 422 g/mol. The number of amides is 1. The Bertz CT molecular complexity index is 1420. The lowest BCUT2D eigenvalue weighted by Gasteiger charge is -2.11. The fourth-order valence-electron chi connectivity index (χ4n) is 3.11. The molecule has 31 heavy (non-hydrogen) atoms. The summed E-state index contributed by atoms with van der Waals surface area (Å²) in [5, 5.41) is 2.59. The van der Waals surface area contributed by atoms with Gasteiger partial charge in [-0.05, 0) is 49.4 Å². The lowest BCUT2D eigenvalue weighted by atomic mass is 10.1. The van der Waals surface area contributed by atoms with Crippen LogP contribution in [0.4, 0.5) is 5.69 Å². The summed E-state index contributed by atoms with van der Waals surface area (Å²) in [6.07, 6.45) is -0.277. The Balaban J connectivity index is 1.78. The molecule has 1 N–H and O–H groups in total. The molecule has 0 bridgehead atoms. The normalized spacial score (nSPS) is 11.5. The van der Waals surface area contributed by atoms with Gasteiger partial charge in [-0.3, -0.25) is 19.2 Å². The fraction of sp³-hybridized carbons (Fsp3) is 0.238. The van der Waals surface area contributed by atoms with Crippen molar-refractivity contribution in [3.8, 4) is 0 Å². The highest BCUT2D eigenvalue weighted by Gasteiger charge is 2.19. The Labute approximate surface area is 177 Å². The number of carbonyl (C=O) groups excluding carboxylic acids is 2. The predicted molar refractivity (Wildman–Crippen MR) is 116 cm³/mol. The van der Waals surface area contributed by atoms with Gasteiger partial charge in [-0.15, -0.1) is 0 Å². The zero-order chi connectivity index (χ0) is 22.9. The van der Waals surface area contributed by atoms with Crippen molar-refractivity contribution in [3.05, 3.63) is 68.7 Å². The lowest BCUT2D eigenvalue weighted by Crippen LogP contribution is -2.39. The molecule has 0 aliphatic rings. The highest BCUT2D eigenvalue weighted by atomic mass is 32.2. The second-order valence-corrected chi connectivity index (χ2v) is 9.24. The van der Waals surface area contributed by atoms with E-state index in [1.807, 2.05) is 0 Å². The summed E-state index contributed by atoms with van der Waals surface area (Å²) >= 11 is 0. The van der Waals surface area contributed by atoms with Crippen molar-refractivity contribution in [1.82, 2.24) is 9.13 Å². The summed E-state index contributed by atoms with van der Waals surface area (Å²) in [7, 11) is -0.984. The highest BCUT2D eigenvalue weighted by Crippen LogP contribution is 2.19. The van der Waals surface area contributed by atoms with Gasteiger partial charge < -0.3 is 14.5 Å². The van der Waals surface area contributed by atoms with Gasteiger partial charge in [0.05, 0.1) is 21.7 Å². The first-order valence-electron chi connectivity index (χ1n) is 9.34. The molecule has 9 nitrogen and oxygen atoms in total. The van der Waals surface area contributed by atoms with Gasteiger partial charge in [0, 0.05) is 31.8 Å². The molecule has 1 amide bonds. The molecule has 3 rings (SSSR count). The summed E-state index contributed by atoms with van der Waals surface area (Å²) in [6.45, 7) is 1.43. The maximum absolute atomic E-state index is 12.7. The van der Waals surface area contributed by atoms with E-state index in [9.17, 15) is 27.6 Å². The summed E-state index contributed by atoms with van der Waals surface area (Å²) in [6, 6.07) is 10.4. The van der Waals surface area contributed by atoms with Crippen LogP contribution in [0, 0.1) is 0 Å². The van der Waals surface area contributed by atoms with Crippen molar-refractivity contribution < 1.29 is 18.0 Å². The van der Waals surface area contributed by atoms with Crippen molar-refractivity contribution in [3.63, 3.8) is 0 Å². The number of aromatic nitrogens is 2. The van der Waals surface area contributed by atoms with E-state index in [4.69, 9.17) is 0 Å². The maximum atomic E-state index is 12.7. The SMILES string of the molecule is CC(=O)c1ccc(NC(=O)CCS(=O)(=O)c2ccc3c(c2)n(C)c(=O)c(=O)n3C)cc1. The second-order valence-electron chi connectivity index (χ2n) is 7.13. The number of ketones is 1. The zero-order valence-corrected chi connectivity index (χ0v) is 18.0. The number of nitrogens with zero attached hydrogens (tertiary/aromatic N) is 2. The number of hydrogen-bond donors (Lipinski definition) is 1. The summed E-state index contributed by atoms with van der Waals surface area (Å²) in [5.41, 5.74) is 0.192. The van der Waals surface area contributed by atoms with Crippen LogP contribution >= 0.6 is 0 Å². The lowest BCUT2D eigenvalue weighted by molar-refractivity contribution is -0.115. The molecule has 2 aromatic carbocycles. The second kappa shape index (κ2) is 8.31. The molecule has 0 aliphatic carbocycles. The van der Waals surface area contributed by atoms with Gasteiger partial charge in [0.25, 0.3) is 0 Å². The van der Waals surface area contributed by atoms with Crippen molar-refractivity contribution in [2.75, 3.05) is 11.1 Å². The zero-order valence-electron chi connectivity index (χ0n) is 17.2. The van der Waals surface area contributed by atoms with Gasteiger partial charge in [-0.25, -0.2) is 8.42 Å². The van der Waals surface area contributed by atoms with E-state index in [1.165, 1.54) is 43.8 Å². The van der Waals surface area contributed by atoms with E-state index in [2.05, 4.69) is 5.32 Å². The third-order valence-corrected chi connectivity index (χ3v) is 6.71. The molecule has 0 saturated heterocycles. The number of hydrogen-bond acceptors (Lipinski definition) is 6. The number of fused-ring (bicyclic) bond motifs is 1. The Morgan fingerprint density at radius 2 is 1.48 bits per heavy atom. The van der Waals surface area contributed by atoms with Crippen LogP contribution in [0.1, 0.15) is 23.7 Å². The summed E-state index contributed by atoms with van der Waals surface area (Å²) in [5.74, 6) is -1.03. The van der Waals surface area contributed by atoms with Crippen LogP contribution < -0.4 is 16.4 Å². The molecule has 0 fully saturated rings. The molecule has 10 heteroatoms. The molecule has 1 aromatic heterocycles. The Morgan fingerprint density at radius 1 is 0.903 bits per heavy atom. The molecular formula is C21H21N3O6S. The number of aryl methyl sites for hydroxylation is 2. The first-order chi connectivity index (χ1) is 14.5. The molecule has 0 atom stereocenters. The third-order valence-electron chi connectivity index (χ3n) is 4.99. The molecule has 162 valence electrons. The van der Waals surface area contributed by atoms with Crippen molar-refractivity contribution in [2.24, 2.45) is 14.1 Å². The average Bonchev–Trinajstić information content (AvgIpc) is 2.74. The minimum Gasteiger partial charge on any atom is -0.326 e. The molecule has 3 aromatic rings. The van der Waals surface area contributed by atoms with Crippen molar-refractivity contribution in [2.45, 2.75) is 18.2 Å². The van der Waals surface area contributed by atoms with Crippen LogP contribution in [0.5, 0.6) is 0 Å². The number of rotatable bonds is 6. The largest absolute Gasteiger partial charge is 0.326 e. The standard InChI is InChI=1S/C21H21N3O6S/c1-13(25)14-4-6-15(7-5-14)22-19(26)10-11-31(29,30)16-8-9-17-18(12-16)24(3)21(28)20(27)23(17)2/h4-9,12H,10-11H2,1-3H3,(H,22,26). The number of Topliss-reactive ketones (excluding diaryl/α,β-unsaturated/α-hetero) is 1. The highest BCUT2D eigenvalue weighted by molar-refractivity contribution is 7.91. The van der Waals surface area contributed by atoms with E-state index in [0.717, 1.165) is 4.57 Å². The smallest absolute Gasteiger partial charge is 0.316 e. The third kappa shape index (κ3) is 4.48. The quantitative estimate of drug-likeness (QED) is 0.452. The van der Waals surface area contributed by atoms with Gasteiger partial charge in [-0.2, -0.15) is 0 Å². The van der Waals surface area contributed by atoms with Gasteiger partial charge in [0.2, 0.25) is 5.91 Å². The topological polar surface area (TPSA) is 124 Å². The number of benzene rings is 2. The van der Waals surface area contributed by atoms with Crippen LogP contribution in [0.15, 0.2) is 56.9 Å². The minimum absolute atomic E-state index is 0.0488. The van der Waals surface area contributed by atoms with Gasteiger partial charge >= 0.3 is 11.1 Å². The Kier molecular flexibility index (Phi) is 5.94. The van der Waals surface area contributed by atoms with Crippen LogP contribution in [0.25, 0.3) is 11.0 Å². The molecule has 1 heterocycles. The molecule has 0 saturated carbocycles. The van der Waals surface area contributed by atoms with Crippen LogP contribution in [-0.2, 0) is 28.7 Å². The number of anilines is 1. The van der Waals surface area contributed by atoms with E-state index in [0.29, 0.717) is 22.3 Å². The Hall–Kier alpha value is -3.53. The average molecular weight is 443 g/mol. The first-order valence-corrected chi connectivity index (χ1v) is 11.0. The van der Waals surface area contributed by atoms with E-state index >= 15 is 0 Å². The molecule has 0 unspecified atom stereocenters. The van der Waals surface area contributed by atoms with Gasteiger partial charge in [0.1, 0.15) is 0 Å². The maximum Gasteiger partial charge on any atom is 0.316 e. The van der Waals surface area contributed by atoms with E-state index in [-0.39, 0.29) is 17.1 Å². The number of nitrogens with one attached hydrogen (secondary N) is 1. The van der Waals surface area contributed by atoms with Gasteiger partial charge in [0.15, 0.2) is 15.6 Å². The predicted octanol–water partition coefficient (Wildman–Crippen LogP) is 1.24. The molecule has 0 radical (unpaired) electrons. The van der Waals surface area contributed by atoms with E-state index in [1.54, 1.807) is 24.3 Å². The van der Waals surface area contributed by atoms with Crippen LogP contribution in [0.3, 0.4) is 0 Å². The molecule has 0 aliphatic heterocycles. The Morgan fingerprint density at radius 3 is 2.06 bits per heavy atom. The number of sulfone groups is 1. The fourth-order valence-corrected chi connectivity index (χ4v) is 4.37. The van der Waals surface area contributed by atoms with Crippen LogP contribution in [-0.4, -0.2) is 35.0 Å². The number of carbonyl (C=O) groups is 2. The summed E-state index contributed by atoms with van der Waals surface area (Å²) < 4.78 is 27.7. The minimum atomic E-state index is -3.82.